The number of hydrogen-bond acceptors (Lipinski definition) is 4. The number of allylic oxidation sites excluding steroid dienone is 3. The van der Waals surface area contributed by atoms with Gasteiger partial charge in [-0.15, -0.1) is 0 Å². The second kappa shape index (κ2) is 7.77. The molecule has 4 aliphatic carbocycles. The fourth-order valence-electron chi connectivity index (χ4n) is 7.29. The monoisotopic (exact) mass is 429 g/mol. The van der Waals surface area contributed by atoms with Crippen LogP contribution in [0, 0.1) is 28.6 Å². The van der Waals surface area contributed by atoms with Gasteiger partial charge in [0.15, 0.2) is 5.11 Å². The van der Waals surface area contributed by atoms with Gasteiger partial charge in [-0.3, -0.25) is 10.2 Å². The van der Waals surface area contributed by atoms with Crippen molar-refractivity contribution in [3.05, 3.63) is 23.3 Å². The van der Waals surface area contributed by atoms with Gasteiger partial charge in [0.2, 0.25) is 0 Å². The maximum Gasteiger partial charge on any atom is 0.302 e. The molecular formula is C24H35N3O2S. The third-order valence-electron chi connectivity index (χ3n) is 8.70. The lowest BCUT2D eigenvalue weighted by atomic mass is 9.47. The number of esters is 1. The number of hydrazone groups is 1. The molecule has 0 aromatic rings. The molecule has 2 fully saturated rings. The molecule has 6 atom stereocenters. The number of rotatable bonds is 3. The number of hydrogen-bond donors (Lipinski definition) is 2. The summed E-state index contributed by atoms with van der Waals surface area (Å²) in [7, 11) is 0. The molecule has 164 valence electrons. The summed E-state index contributed by atoms with van der Waals surface area (Å²) in [5, 5.41) is 4.64. The van der Waals surface area contributed by atoms with Crippen molar-refractivity contribution < 1.29 is 9.53 Å². The zero-order valence-electron chi connectivity index (χ0n) is 18.7. The zero-order chi connectivity index (χ0) is 21.7. The largest absolute Gasteiger partial charge is 0.462 e. The van der Waals surface area contributed by atoms with Crippen molar-refractivity contribution >= 4 is 29.0 Å². The van der Waals surface area contributed by atoms with Crippen molar-refractivity contribution in [3.8, 4) is 0 Å². The van der Waals surface area contributed by atoms with E-state index in [0.717, 1.165) is 37.8 Å². The highest BCUT2D eigenvalue weighted by Gasteiger charge is 2.57. The van der Waals surface area contributed by atoms with Crippen molar-refractivity contribution in [1.82, 2.24) is 5.43 Å². The molecule has 6 heteroatoms. The molecule has 0 saturated heterocycles. The van der Waals surface area contributed by atoms with Crippen molar-refractivity contribution in [1.29, 1.82) is 0 Å². The average molecular weight is 430 g/mol. The van der Waals surface area contributed by atoms with E-state index >= 15 is 0 Å². The standard InChI is InChI=1S/C24H35N3O2S/c1-14(26-27-22(25)30)19-7-8-20-18-6-5-16-13-17(29-15(2)28)9-11-23(16,3)21(18)10-12-24(19,20)4/h5,7,17-18,20-21H,6,8-13H2,1-4H3,(H3,25,27,30)/b26-14+. The second-order valence-corrected chi connectivity index (χ2v) is 10.7. The first kappa shape index (κ1) is 21.5. The third-order valence-corrected chi connectivity index (χ3v) is 8.79. The average Bonchev–Trinajstić information content (AvgIpc) is 3.03. The highest BCUT2D eigenvalue weighted by molar-refractivity contribution is 7.80. The van der Waals surface area contributed by atoms with Crippen LogP contribution >= 0.6 is 12.2 Å². The van der Waals surface area contributed by atoms with E-state index in [1.165, 1.54) is 30.9 Å². The first-order valence-electron chi connectivity index (χ1n) is 11.3. The summed E-state index contributed by atoms with van der Waals surface area (Å²) < 4.78 is 5.56. The van der Waals surface area contributed by atoms with Crippen molar-refractivity contribution in [2.75, 3.05) is 0 Å². The highest BCUT2D eigenvalue weighted by atomic mass is 32.1. The Morgan fingerprint density at radius 3 is 2.60 bits per heavy atom. The van der Waals surface area contributed by atoms with Gasteiger partial charge in [-0.25, -0.2) is 0 Å². The predicted molar refractivity (Wildman–Crippen MR) is 124 cm³/mol. The van der Waals surface area contributed by atoms with Crippen LogP contribution in [0.4, 0.5) is 0 Å². The molecule has 0 bridgehead atoms. The number of nitrogens with one attached hydrogen (secondary N) is 1. The fourth-order valence-corrected chi connectivity index (χ4v) is 7.34. The van der Waals surface area contributed by atoms with Crippen LogP contribution in [0.25, 0.3) is 0 Å². The summed E-state index contributed by atoms with van der Waals surface area (Å²) in [4.78, 5) is 11.4. The normalized spacial score (nSPS) is 40.3. The molecule has 4 rings (SSSR count). The Balaban J connectivity index is 1.55. The third kappa shape index (κ3) is 3.51. The van der Waals surface area contributed by atoms with Gasteiger partial charge in [0, 0.05) is 13.3 Å². The topological polar surface area (TPSA) is 76.7 Å². The lowest BCUT2D eigenvalue weighted by Gasteiger charge is -2.57. The molecule has 6 unspecified atom stereocenters. The van der Waals surface area contributed by atoms with E-state index in [0.29, 0.717) is 17.8 Å². The Labute approximate surface area is 185 Å². The van der Waals surface area contributed by atoms with E-state index in [9.17, 15) is 4.79 Å². The molecule has 4 aliphatic rings. The van der Waals surface area contributed by atoms with Gasteiger partial charge in [0.05, 0.1) is 5.71 Å². The Bertz CT molecular complexity index is 847. The summed E-state index contributed by atoms with van der Waals surface area (Å²) in [5.41, 5.74) is 12.7. The van der Waals surface area contributed by atoms with Gasteiger partial charge in [-0.1, -0.05) is 31.6 Å². The first-order valence-corrected chi connectivity index (χ1v) is 11.7. The maximum atomic E-state index is 11.4. The highest BCUT2D eigenvalue weighted by Crippen LogP contribution is 2.65. The van der Waals surface area contributed by atoms with Gasteiger partial charge >= 0.3 is 5.97 Å². The minimum absolute atomic E-state index is 0.0620. The van der Waals surface area contributed by atoms with E-state index < -0.39 is 0 Å². The summed E-state index contributed by atoms with van der Waals surface area (Å²) in [6.07, 6.45) is 12.7. The number of ether oxygens (including phenoxy) is 1. The van der Waals surface area contributed by atoms with E-state index in [1.54, 1.807) is 0 Å². The van der Waals surface area contributed by atoms with Crippen LogP contribution in [0.15, 0.2) is 28.4 Å². The van der Waals surface area contributed by atoms with Gasteiger partial charge in [0.1, 0.15) is 6.10 Å². The van der Waals surface area contributed by atoms with E-state index in [2.05, 4.69) is 43.5 Å². The molecule has 2 saturated carbocycles. The van der Waals surface area contributed by atoms with Crippen molar-refractivity contribution in [2.24, 2.45) is 39.4 Å². The number of thiocarbonyl (C=S) groups is 1. The summed E-state index contributed by atoms with van der Waals surface area (Å²) in [6.45, 7) is 8.50. The SMILES string of the molecule is CC(=O)OC1CCC2(C)C(=CCC3C2CCC2(C)C(/C(C)=N/NC(N)=S)=CCC32)C1. The maximum absolute atomic E-state index is 11.4. The Hall–Kier alpha value is -1.69. The molecular weight excluding hydrogens is 394 g/mol. The number of carbonyl (C=O) groups is 1. The van der Waals surface area contributed by atoms with Crippen LogP contribution in [-0.4, -0.2) is 22.9 Å². The molecule has 0 aromatic carbocycles. The van der Waals surface area contributed by atoms with Crippen molar-refractivity contribution in [2.45, 2.75) is 78.7 Å². The minimum Gasteiger partial charge on any atom is -0.462 e. The molecule has 5 nitrogen and oxygen atoms in total. The number of fused-ring (bicyclic) bond motifs is 5. The number of nitrogens with two attached hydrogens (primary N) is 1. The van der Waals surface area contributed by atoms with Gasteiger partial charge in [-0.2, -0.15) is 5.10 Å². The molecule has 0 aliphatic heterocycles. The Morgan fingerprint density at radius 1 is 1.17 bits per heavy atom. The first-order chi connectivity index (χ1) is 14.1. The zero-order valence-corrected chi connectivity index (χ0v) is 19.5. The van der Waals surface area contributed by atoms with Crippen LogP contribution in [0.1, 0.15) is 72.6 Å². The van der Waals surface area contributed by atoms with Crippen LogP contribution in [0.5, 0.6) is 0 Å². The molecule has 0 amide bonds. The smallest absolute Gasteiger partial charge is 0.302 e. The van der Waals surface area contributed by atoms with Gasteiger partial charge in [-0.05, 0) is 91.8 Å². The lowest BCUT2D eigenvalue weighted by Crippen LogP contribution is -2.50. The fraction of sp³-hybridized carbons (Fsp3) is 0.708. The molecule has 3 N–H and O–H groups in total. The molecule has 30 heavy (non-hydrogen) atoms. The summed E-state index contributed by atoms with van der Waals surface area (Å²) in [5.74, 6) is 1.92. The van der Waals surface area contributed by atoms with Crippen LogP contribution in [-0.2, 0) is 9.53 Å². The van der Waals surface area contributed by atoms with Gasteiger partial charge in [0.25, 0.3) is 0 Å². The molecule has 0 spiro atoms. The summed E-state index contributed by atoms with van der Waals surface area (Å²) in [6, 6.07) is 0. The van der Waals surface area contributed by atoms with E-state index in [1.807, 2.05) is 0 Å². The second-order valence-electron chi connectivity index (χ2n) is 10.2. The van der Waals surface area contributed by atoms with Crippen LogP contribution in [0.2, 0.25) is 0 Å². The van der Waals surface area contributed by atoms with E-state index in [4.69, 9.17) is 22.7 Å². The molecule has 0 radical (unpaired) electrons. The number of carbonyl (C=O) groups excluding carboxylic acids is 1. The molecule has 0 heterocycles. The van der Waals surface area contributed by atoms with Gasteiger partial charge < -0.3 is 10.5 Å². The van der Waals surface area contributed by atoms with Crippen LogP contribution < -0.4 is 11.2 Å². The minimum atomic E-state index is -0.155. The lowest BCUT2D eigenvalue weighted by molar-refractivity contribution is -0.148. The molecule has 0 aromatic heterocycles. The predicted octanol–water partition coefficient (Wildman–Crippen LogP) is 4.63. The number of nitrogens with zero attached hydrogens (tertiary/aromatic N) is 1. The Morgan fingerprint density at radius 2 is 1.90 bits per heavy atom. The van der Waals surface area contributed by atoms with E-state index in [-0.39, 0.29) is 28.0 Å². The van der Waals surface area contributed by atoms with Crippen molar-refractivity contribution in [3.63, 3.8) is 0 Å². The quantitative estimate of drug-likeness (QED) is 0.225. The van der Waals surface area contributed by atoms with Crippen LogP contribution in [0.3, 0.4) is 0 Å². The summed E-state index contributed by atoms with van der Waals surface area (Å²) >= 11 is 4.91. The Kier molecular flexibility index (Phi) is 5.58.